The average Bonchev–Trinajstić information content (AvgIpc) is 2.61. The molecule has 1 aromatic rings. The second kappa shape index (κ2) is 4.72. The molecule has 1 amide bonds. The molecule has 0 aliphatic carbocycles. The lowest BCUT2D eigenvalue weighted by atomic mass is 10.1. The predicted molar refractivity (Wildman–Crippen MR) is 67.8 cm³/mol. The first-order chi connectivity index (χ1) is 8.13. The van der Waals surface area contributed by atoms with E-state index in [2.05, 4.69) is 6.58 Å². The molecule has 1 atom stereocenters. The molecule has 0 saturated carbocycles. The topological polar surface area (TPSA) is 40.5 Å². The molecule has 17 heavy (non-hydrogen) atoms. The second-order valence-electron chi connectivity index (χ2n) is 4.41. The summed E-state index contributed by atoms with van der Waals surface area (Å²) in [6.45, 7) is 5.74. The van der Waals surface area contributed by atoms with E-state index in [1.54, 1.807) is 0 Å². The summed E-state index contributed by atoms with van der Waals surface area (Å²) < 4.78 is 0. The van der Waals surface area contributed by atoms with Gasteiger partial charge in [-0.25, -0.2) is 0 Å². The van der Waals surface area contributed by atoms with Crippen LogP contribution in [0.15, 0.2) is 30.9 Å². The Morgan fingerprint density at radius 1 is 1.59 bits per heavy atom. The van der Waals surface area contributed by atoms with Crippen LogP contribution in [0.25, 0.3) is 0 Å². The standard InChI is InChI=1S/C14H17NO2/c1-3-4-11-9-10(2)5-6-12(11)15-13(16)7-8-14(15)17/h3,5-6,9,13,16H,1,4,7-8H2,2H3. The van der Waals surface area contributed by atoms with Gasteiger partial charge in [0.2, 0.25) is 5.91 Å². The van der Waals surface area contributed by atoms with Gasteiger partial charge in [0.05, 0.1) is 0 Å². The van der Waals surface area contributed by atoms with Crippen LogP contribution in [-0.2, 0) is 11.2 Å². The fourth-order valence-corrected chi connectivity index (χ4v) is 2.23. The van der Waals surface area contributed by atoms with Gasteiger partial charge < -0.3 is 5.11 Å². The van der Waals surface area contributed by atoms with Gasteiger partial charge in [0, 0.05) is 18.5 Å². The van der Waals surface area contributed by atoms with E-state index in [1.807, 2.05) is 31.2 Å². The molecule has 3 heteroatoms. The van der Waals surface area contributed by atoms with Crippen molar-refractivity contribution in [2.75, 3.05) is 4.90 Å². The molecule has 1 saturated heterocycles. The molecule has 1 heterocycles. The Kier molecular flexibility index (Phi) is 3.29. The Morgan fingerprint density at radius 3 is 2.94 bits per heavy atom. The van der Waals surface area contributed by atoms with E-state index in [4.69, 9.17) is 0 Å². The molecule has 90 valence electrons. The van der Waals surface area contributed by atoms with Crippen LogP contribution in [0.4, 0.5) is 5.69 Å². The molecule has 1 fully saturated rings. The fraction of sp³-hybridized carbons (Fsp3) is 0.357. The van der Waals surface area contributed by atoms with E-state index >= 15 is 0 Å². The highest BCUT2D eigenvalue weighted by molar-refractivity contribution is 5.96. The maximum atomic E-state index is 11.8. The summed E-state index contributed by atoms with van der Waals surface area (Å²) in [6, 6.07) is 5.90. The van der Waals surface area contributed by atoms with Crippen molar-refractivity contribution >= 4 is 11.6 Å². The van der Waals surface area contributed by atoms with Crippen LogP contribution in [0.2, 0.25) is 0 Å². The zero-order chi connectivity index (χ0) is 12.4. The summed E-state index contributed by atoms with van der Waals surface area (Å²) in [6.07, 6.45) is 2.76. The van der Waals surface area contributed by atoms with Gasteiger partial charge in [-0.05, 0) is 25.0 Å². The summed E-state index contributed by atoms with van der Waals surface area (Å²) in [5.74, 6) is -0.00772. The fourth-order valence-electron chi connectivity index (χ4n) is 2.23. The van der Waals surface area contributed by atoms with Crippen LogP contribution >= 0.6 is 0 Å². The van der Waals surface area contributed by atoms with E-state index in [0.29, 0.717) is 19.3 Å². The quantitative estimate of drug-likeness (QED) is 0.810. The van der Waals surface area contributed by atoms with E-state index in [9.17, 15) is 9.90 Å². The minimum atomic E-state index is -0.686. The molecule has 0 aromatic heterocycles. The molecule has 0 radical (unpaired) electrons. The molecule has 1 aromatic carbocycles. The minimum Gasteiger partial charge on any atom is -0.373 e. The van der Waals surface area contributed by atoms with E-state index in [1.165, 1.54) is 4.90 Å². The predicted octanol–water partition coefficient (Wildman–Crippen LogP) is 2.17. The smallest absolute Gasteiger partial charge is 0.229 e. The number of hydrogen-bond donors (Lipinski definition) is 1. The summed E-state index contributed by atoms with van der Waals surface area (Å²) >= 11 is 0. The van der Waals surface area contributed by atoms with Gasteiger partial charge in [0.25, 0.3) is 0 Å². The Hall–Kier alpha value is -1.61. The van der Waals surface area contributed by atoms with Gasteiger partial charge in [0.1, 0.15) is 6.23 Å². The van der Waals surface area contributed by atoms with Crippen LogP contribution in [0.3, 0.4) is 0 Å². The molecule has 3 nitrogen and oxygen atoms in total. The second-order valence-corrected chi connectivity index (χ2v) is 4.41. The monoisotopic (exact) mass is 231 g/mol. The summed E-state index contributed by atoms with van der Waals surface area (Å²) in [5.41, 5.74) is 2.99. The number of rotatable bonds is 3. The highest BCUT2D eigenvalue weighted by Crippen LogP contribution is 2.29. The SMILES string of the molecule is C=CCc1cc(C)ccc1N1C(=O)CCC1O. The zero-order valence-corrected chi connectivity index (χ0v) is 10.0. The summed E-state index contributed by atoms with van der Waals surface area (Å²) in [5, 5.41) is 9.85. The van der Waals surface area contributed by atoms with Gasteiger partial charge in [-0.15, -0.1) is 6.58 Å². The molecule has 1 aliphatic rings. The van der Waals surface area contributed by atoms with Crippen molar-refractivity contribution in [3.63, 3.8) is 0 Å². The third-order valence-electron chi connectivity index (χ3n) is 3.04. The van der Waals surface area contributed by atoms with Gasteiger partial charge in [-0.1, -0.05) is 23.8 Å². The largest absolute Gasteiger partial charge is 0.373 e. The number of allylic oxidation sites excluding steroid dienone is 1. The van der Waals surface area contributed by atoms with E-state index in [0.717, 1.165) is 16.8 Å². The lowest BCUT2D eigenvalue weighted by molar-refractivity contribution is -0.117. The minimum absolute atomic E-state index is 0.00772. The van der Waals surface area contributed by atoms with Crippen molar-refractivity contribution in [3.8, 4) is 0 Å². The van der Waals surface area contributed by atoms with Gasteiger partial charge in [0.15, 0.2) is 0 Å². The van der Waals surface area contributed by atoms with Gasteiger partial charge in [-0.3, -0.25) is 9.69 Å². The molecule has 0 spiro atoms. The van der Waals surface area contributed by atoms with Crippen LogP contribution < -0.4 is 4.90 Å². The Balaban J connectivity index is 2.43. The Morgan fingerprint density at radius 2 is 2.35 bits per heavy atom. The first kappa shape index (κ1) is 11.9. The molecule has 0 bridgehead atoms. The summed E-state index contributed by atoms with van der Waals surface area (Å²) in [4.78, 5) is 13.3. The van der Waals surface area contributed by atoms with Crippen LogP contribution in [-0.4, -0.2) is 17.2 Å². The number of nitrogens with zero attached hydrogens (tertiary/aromatic N) is 1. The zero-order valence-electron chi connectivity index (χ0n) is 10.0. The van der Waals surface area contributed by atoms with E-state index in [-0.39, 0.29) is 5.91 Å². The Bertz CT molecular complexity index is 454. The number of carbonyl (C=O) groups is 1. The van der Waals surface area contributed by atoms with Crippen molar-refractivity contribution in [1.82, 2.24) is 0 Å². The number of carbonyl (C=O) groups excluding carboxylic acids is 1. The molecular formula is C14H17NO2. The van der Waals surface area contributed by atoms with Crippen LogP contribution in [0.1, 0.15) is 24.0 Å². The number of amides is 1. The van der Waals surface area contributed by atoms with Crippen molar-refractivity contribution in [3.05, 3.63) is 42.0 Å². The number of hydrogen-bond acceptors (Lipinski definition) is 2. The first-order valence-electron chi connectivity index (χ1n) is 5.84. The maximum absolute atomic E-state index is 11.8. The highest BCUT2D eigenvalue weighted by Gasteiger charge is 2.31. The average molecular weight is 231 g/mol. The van der Waals surface area contributed by atoms with Gasteiger partial charge >= 0.3 is 0 Å². The third kappa shape index (κ3) is 2.24. The summed E-state index contributed by atoms with van der Waals surface area (Å²) in [7, 11) is 0. The first-order valence-corrected chi connectivity index (χ1v) is 5.84. The normalized spacial score (nSPS) is 19.8. The number of aliphatic hydroxyl groups excluding tert-OH is 1. The third-order valence-corrected chi connectivity index (χ3v) is 3.04. The number of aryl methyl sites for hydroxylation is 1. The van der Waals surface area contributed by atoms with Gasteiger partial charge in [-0.2, -0.15) is 0 Å². The van der Waals surface area contributed by atoms with Crippen molar-refractivity contribution in [2.45, 2.75) is 32.4 Å². The van der Waals surface area contributed by atoms with Crippen LogP contribution in [0.5, 0.6) is 0 Å². The number of anilines is 1. The lowest BCUT2D eigenvalue weighted by Gasteiger charge is -2.23. The Labute approximate surface area is 101 Å². The van der Waals surface area contributed by atoms with Crippen molar-refractivity contribution in [2.24, 2.45) is 0 Å². The van der Waals surface area contributed by atoms with Crippen molar-refractivity contribution < 1.29 is 9.90 Å². The number of benzene rings is 1. The molecular weight excluding hydrogens is 214 g/mol. The molecule has 1 unspecified atom stereocenters. The van der Waals surface area contributed by atoms with Crippen molar-refractivity contribution in [1.29, 1.82) is 0 Å². The van der Waals surface area contributed by atoms with E-state index < -0.39 is 6.23 Å². The van der Waals surface area contributed by atoms with Crippen LogP contribution in [0, 0.1) is 6.92 Å². The molecule has 1 N–H and O–H groups in total. The molecule has 2 rings (SSSR count). The highest BCUT2D eigenvalue weighted by atomic mass is 16.3. The maximum Gasteiger partial charge on any atom is 0.229 e. The lowest BCUT2D eigenvalue weighted by Crippen LogP contribution is -2.33. The number of aliphatic hydroxyl groups is 1. The molecule has 1 aliphatic heterocycles.